The van der Waals surface area contributed by atoms with Gasteiger partial charge in [0.25, 0.3) is 0 Å². The molecule has 2 N–H and O–H groups in total. The highest BCUT2D eigenvalue weighted by molar-refractivity contribution is 6.04. The first-order valence-corrected chi connectivity index (χ1v) is 14.2. The van der Waals surface area contributed by atoms with Crippen molar-refractivity contribution >= 4 is 17.6 Å². The van der Waals surface area contributed by atoms with Crippen LogP contribution in [0.1, 0.15) is 105 Å². The van der Waals surface area contributed by atoms with Crippen molar-refractivity contribution in [2.24, 2.45) is 0 Å². The lowest BCUT2D eigenvalue weighted by Gasteiger charge is -2.26. The summed E-state index contributed by atoms with van der Waals surface area (Å²) in [7, 11) is 0. The molecule has 0 atom stereocenters. The van der Waals surface area contributed by atoms with Crippen molar-refractivity contribution in [3.05, 3.63) is 65.0 Å². The SMILES string of the molecule is C=CCCCOc1cc(C(=O)CN2Cc3ccc(C4CC4)nc3C2=N)cc(C(C)(C)C)c1OCCCCC(=O)O. The first kappa shape index (κ1) is 29.3. The molecule has 2 aromatic rings. The Kier molecular flexibility index (Phi) is 9.28. The zero-order valence-electron chi connectivity index (χ0n) is 23.9. The van der Waals surface area contributed by atoms with Gasteiger partial charge in [-0.2, -0.15) is 0 Å². The summed E-state index contributed by atoms with van der Waals surface area (Å²) in [6, 6.07) is 7.72. The van der Waals surface area contributed by atoms with Gasteiger partial charge < -0.3 is 19.5 Å². The summed E-state index contributed by atoms with van der Waals surface area (Å²) in [5, 5.41) is 17.6. The number of fused-ring (bicyclic) bond motifs is 1. The molecule has 1 fully saturated rings. The fraction of sp³-hybridized carbons (Fsp3) is 0.500. The van der Waals surface area contributed by atoms with Gasteiger partial charge in [-0.25, -0.2) is 4.98 Å². The number of aliphatic carboxylic acids is 1. The van der Waals surface area contributed by atoms with Crippen molar-refractivity contribution in [3.8, 4) is 11.5 Å². The number of unbranched alkanes of at least 4 members (excludes halogenated alkanes) is 2. The smallest absolute Gasteiger partial charge is 0.303 e. The van der Waals surface area contributed by atoms with Crippen LogP contribution in [0.2, 0.25) is 0 Å². The molecule has 0 amide bonds. The number of nitrogens with zero attached hydrogens (tertiary/aromatic N) is 2. The summed E-state index contributed by atoms with van der Waals surface area (Å²) in [6.07, 6.45) is 6.95. The highest BCUT2D eigenvalue weighted by Crippen LogP contribution is 2.41. The van der Waals surface area contributed by atoms with Gasteiger partial charge in [0, 0.05) is 41.3 Å². The number of carbonyl (C=O) groups excluding carboxylic acids is 1. The normalized spacial score (nSPS) is 14.7. The maximum absolute atomic E-state index is 13.6. The monoisotopic (exact) mass is 547 g/mol. The number of allylic oxidation sites excluding steroid dienone is 1. The van der Waals surface area contributed by atoms with Crippen LogP contribution in [0.4, 0.5) is 0 Å². The second-order valence-corrected chi connectivity index (χ2v) is 11.7. The summed E-state index contributed by atoms with van der Waals surface area (Å²) in [5.41, 5.74) is 3.73. The Balaban J connectivity index is 1.55. The maximum Gasteiger partial charge on any atom is 0.303 e. The van der Waals surface area contributed by atoms with Gasteiger partial charge in [-0.3, -0.25) is 15.0 Å². The topological polar surface area (TPSA) is 113 Å². The number of hydrogen-bond donors (Lipinski definition) is 2. The number of pyridine rings is 1. The Morgan fingerprint density at radius 2 is 1.90 bits per heavy atom. The number of ether oxygens (including phenoxy) is 2. The molecule has 1 aromatic carbocycles. The van der Waals surface area contributed by atoms with Crippen LogP contribution >= 0.6 is 0 Å². The van der Waals surface area contributed by atoms with Gasteiger partial charge in [0.05, 0.1) is 19.8 Å². The van der Waals surface area contributed by atoms with E-state index in [4.69, 9.17) is 25.0 Å². The number of aromatic nitrogens is 1. The lowest BCUT2D eigenvalue weighted by atomic mass is 9.84. The third kappa shape index (κ3) is 7.29. The van der Waals surface area contributed by atoms with Crippen molar-refractivity contribution in [2.45, 2.75) is 83.6 Å². The lowest BCUT2D eigenvalue weighted by Crippen LogP contribution is -2.30. The number of ketones is 1. The van der Waals surface area contributed by atoms with Gasteiger partial charge in [0.2, 0.25) is 0 Å². The first-order valence-electron chi connectivity index (χ1n) is 14.2. The number of Topliss-reactive ketones (excluding diaryl/α,β-unsaturated/α-hetero) is 1. The Hall–Kier alpha value is -3.68. The fourth-order valence-corrected chi connectivity index (χ4v) is 4.81. The van der Waals surface area contributed by atoms with Crippen LogP contribution in [0.15, 0.2) is 36.9 Å². The lowest BCUT2D eigenvalue weighted by molar-refractivity contribution is -0.137. The molecule has 214 valence electrons. The van der Waals surface area contributed by atoms with E-state index in [0.29, 0.717) is 67.1 Å². The number of nitrogens with one attached hydrogen (secondary N) is 1. The molecule has 1 aromatic heterocycles. The minimum atomic E-state index is -0.821. The van der Waals surface area contributed by atoms with Gasteiger partial charge in [0.15, 0.2) is 17.3 Å². The predicted octanol–water partition coefficient (Wildman–Crippen LogP) is 6.26. The van der Waals surface area contributed by atoms with Gasteiger partial charge in [-0.05, 0) is 62.1 Å². The standard InChI is InChI=1S/C32H41N3O5/c1-5-6-8-15-39-27-18-23(17-24(32(2,3)4)30(27)40-16-9-7-10-28(37)38)26(36)20-35-19-22-13-14-25(21-11-12-21)34-29(22)31(35)33/h5,13-14,17-18,21,33H,1,6-12,15-16,19-20H2,2-4H3,(H,37,38). The zero-order chi connectivity index (χ0) is 28.9. The van der Waals surface area contributed by atoms with Crippen molar-refractivity contribution in [2.75, 3.05) is 19.8 Å². The molecular weight excluding hydrogens is 506 g/mol. The number of hydrogen-bond acceptors (Lipinski definition) is 6. The zero-order valence-corrected chi connectivity index (χ0v) is 23.9. The highest BCUT2D eigenvalue weighted by Gasteiger charge is 2.32. The second-order valence-electron chi connectivity index (χ2n) is 11.7. The summed E-state index contributed by atoms with van der Waals surface area (Å²) in [5.74, 6) is 0.980. The average molecular weight is 548 g/mol. The number of carbonyl (C=O) groups is 2. The third-order valence-corrected chi connectivity index (χ3v) is 7.26. The molecule has 8 nitrogen and oxygen atoms in total. The van der Waals surface area contributed by atoms with Crippen LogP contribution in [0, 0.1) is 5.41 Å². The average Bonchev–Trinajstić information content (AvgIpc) is 3.71. The van der Waals surface area contributed by atoms with E-state index in [1.54, 1.807) is 11.0 Å². The largest absolute Gasteiger partial charge is 0.490 e. The van der Waals surface area contributed by atoms with E-state index in [0.717, 1.165) is 42.5 Å². The van der Waals surface area contributed by atoms with Crippen molar-refractivity contribution in [1.29, 1.82) is 5.41 Å². The molecule has 4 rings (SSSR count). The van der Waals surface area contributed by atoms with Gasteiger partial charge >= 0.3 is 5.97 Å². The molecule has 0 saturated heterocycles. The van der Waals surface area contributed by atoms with E-state index >= 15 is 0 Å². The number of rotatable bonds is 15. The van der Waals surface area contributed by atoms with Crippen LogP contribution in [-0.4, -0.2) is 52.3 Å². The molecule has 8 heteroatoms. The van der Waals surface area contributed by atoms with Crippen molar-refractivity contribution in [3.63, 3.8) is 0 Å². The minimum Gasteiger partial charge on any atom is -0.490 e. The molecule has 1 aliphatic heterocycles. The van der Waals surface area contributed by atoms with Gasteiger partial charge in [-0.1, -0.05) is 32.9 Å². The summed E-state index contributed by atoms with van der Waals surface area (Å²) in [6.45, 7) is 11.3. The molecule has 2 aliphatic rings. The maximum atomic E-state index is 13.6. The highest BCUT2D eigenvalue weighted by atomic mass is 16.5. The molecule has 40 heavy (non-hydrogen) atoms. The van der Waals surface area contributed by atoms with Crippen molar-refractivity contribution in [1.82, 2.24) is 9.88 Å². The second kappa shape index (κ2) is 12.7. The first-order chi connectivity index (χ1) is 19.1. The van der Waals surface area contributed by atoms with Crippen LogP contribution in [-0.2, 0) is 16.8 Å². The Morgan fingerprint density at radius 1 is 1.15 bits per heavy atom. The molecular formula is C32H41N3O5. The van der Waals surface area contributed by atoms with E-state index in [1.165, 1.54) is 0 Å². The van der Waals surface area contributed by atoms with Gasteiger partial charge in [-0.15, -0.1) is 6.58 Å². The molecule has 1 saturated carbocycles. The van der Waals surface area contributed by atoms with E-state index in [-0.39, 0.29) is 24.2 Å². The van der Waals surface area contributed by atoms with Crippen LogP contribution in [0.25, 0.3) is 0 Å². The summed E-state index contributed by atoms with van der Waals surface area (Å²) in [4.78, 5) is 31.0. The Bertz CT molecular complexity index is 1280. The van der Waals surface area contributed by atoms with E-state index in [1.807, 2.05) is 18.2 Å². The van der Waals surface area contributed by atoms with Crippen molar-refractivity contribution < 1.29 is 24.2 Å². The van der Waals surface area contributed by atoms with E-state index in [2.05, 4.69) is 33.4 Å². The summed E-state index contributed by atoms with van der Waals surface area (Å²) < 4.78 is 12.4. The molecule has 0 spiro atoms. The van der Waals surface area contributed by atoms with E-state index < -0.39 is 5.97 Å². The third-order valence-electron chi connectivity index (χ3n) is 7.26. The number of amidine groups is 1. The number of carboxylic acid groups (broad SMARTS) is 1. The van der Waals surface area contributed by atoms with Gasteiger partial charge in [0.1, 0.15) is 11.5 Å². The van der Waals surface area contributed by atoms with E-state index in [9.17, 15) is 9.59 Å². The Labute approximate surface area is 236 Å². The molecule has 0 unspecified atom stereocenters. The van der Waals surface area contributed by atoms with Crippen LogP contribution < -0.4 is 9.47 Å². The Morgan fingerprint density at radius 3 is 2.58 bits per heavy atom. The predicted molar refractivity (Wildman–Crippen MR) is 155 cm³/mol. The number of benzene rings is 1. The van der Waals surface area contributed by atoms with Crippen LogP contribution in [0.3, 0.4) is 0 Å². The molecule has 1 aliphatic carbocycles. The minimum absolute atomic E-state index is 0.0723. The fourth-order valence-electron chi connectivity index (χ4n) is 4.81. The molecule has 0 radical (unpaired) electrons. The van der Waals surface area contributed by atoms with Crippen LogP contribution in [0.5, 0.6) is 11.5 Å². The molecule has 0 bridgehead atoms. The quantitative estimate of drug-likeness (QED) is 0.154. The molecule has 2 heterocycles. The number of carboxylic acids is 1. The summed E-state index contributed by atoms with van der Waals surface area (Å²) >= 11 is 0.